The minimum atomic E-state index is -0.545. The summed E-state index contributed by atoms with van der Waals surface area (Å²) >= 11 is 0. The molecule has 4 heteroatoms. The molecule has 0 aliphatic heterocycles. The van der Waals surface area contributed by atoms with Gasteiger partial charge in [0.25, 0.3) is 0 Å². The summed E-state index contributed by atoms with van der Waals surface area (Å²) < 4.78 is 11.5. The van der Waals surface area contributed by atoms with Crippen molar-refractivity contribution >= 4 is 11.9 Å². The van der Waals surface area contributed by atoms with Crippen molar-refractivity contribution < 1.29 is 19.1 Å². The maximum atomic E-state index is 12.7. The van der Waals surface area contributed by atoms with E-state index in [4.69, 9.17) is 9.47 Å². The van der Waals surface area contributed by atoms with E-state index in [2.05, 4.69) is 48.5 Å². The molecule has 0 fully saturated rings. The van der Waals surface area contributed by atoms with Crippen LogP contribution in [0.5, 0.6) is 0 Å². The summed E-state index contributed by atoms with van der Waals surface area (Å²) in [6.07, 6.45) is 3.26. The predicted octanol–water partition coefficient (Wildman–Crippen LogP) is 6.80. The SMILES string of the molecule is CCCC(C)(COC(=O)C(C)(C)CC(C)(C)C)COC(=O)C(C)(C)CC(C)(C)C. The maximum Gasteiger partial charge on any atom is 0.311 e. The summed E-state index contributed by atoms with van der Waals surface area (Å²) in [5.41, 5.74) is -1.38. The smallest absolute Gasteiger partial charge is 0.311 e. The van der Waals surface area contributed by atoms with Gasteiger partial charge in [0.2, 0.25) is 0 Å². The highest BCUT2D eigenvalue weighted by molar-refractivity contribution is 5.76. The Morgan fingerprint density at radius 2 is 0.931 bits per heavy atom. The lowest BCUT2D eigenvalue weighted by molar-refractivity contribution is -0.166. The lowest BCUT2D eigenvalue weighted by atomic mass is 9.76. The van der Waals surface area contributed by atoms with Gasteiger partial charge in [-0.15, -0.1) is 0 Å². The summed E-state index contributed by atoms with van der Waals surface area (Å²) in [6, 6.07) is 0. The molecule has 0 radical (unpaired) electrons. The predicted molar refractivity (Wildman–Crippen MR) is 121 cm³/mol. The number of hydrogen-bond donors (Lipinski definition) is 0. The molecule has 4 nitrogen and oxygen atoms in total. The average Bonchev–Trinajstić information content (AvgIpc) is 2.45. The topological polar surface area (TPSA) is 52.6 Å². The van der Waals surface area contributed by atoms with Crippen molar-refractivity contribution in [3.63, 3.8) is 0 Å². The molecule has 0 aliphatic rings. The first kappa shape index (κ1) is 27.9. The Labute approximate surface area is 180 Å². The van der Waals surface area contributed by atoms with Gasteiger partial charge < -0.3 is 9.47 Å². The van der Waals surface area contributed by atoms with Crippen LogP contribution >= 0.6 is 0 Å². The zero-order valence-electron chi connectivity index (χ0n) is 21.4. The normalized spacial score (nSPS) is 13.9. The molecule has 0 aromatic heterocycles. The summed E-state index contributed by atoms with van der Waals surface area (Å²) in [7, 11) is 0. The molecule has 0 aromatic carbocycles. The van der Waals surface area contributed by atoms with Crippen molar-refractivity contribution in [1.29, 1.82) is 0 Å². The van der Waals surface area contributed by atoms with E-state index in [0.29, 0.717) is 0 Å². The second-order valence-electron chi connectivity index (χ2n) is 13.0. The zero-order valence-corrected chi connectivity index (χ0v) is 21.4. The Morgan fingerprint density at radius 3 is 1.17 bits per heavy atom. The van der Waals surface area contributed by atoms with Gasteiger partial charge in [-0.1, -0.05) is 61.8 Å². The van der Waals surface area contributed by atoms with Crippen molar-refractivity contribution in [2.24, 2.45) is 27.1 Å². The van der Waals surface area contributed by atoms with E-state index < -0.39 is 10.8 Å². The van der Waals surface area contributed by atoms with E-state index in [1.54, 1.807) is 0 Å². The first-order chi connectivity index (χ1) is 12.7. The Hall–Kier alpha value is -1.06. The lowest BCUT2D eigenvalue weighted by Crippen LogP contribution is -2.38. The van der Waals surface area contributed by atoms with E-state index in [1.165, 1.54) is 0 Å². The van der Waals surface area contributed by atoms with Gasteiger partial charge in [0.05, 0.1) is 24.0 Å². The fraction of sp³-hybridized carbons (Fsp3) is 0.920. The number of esters is 2. The monoisotopic (exact) mass is 412 g/mol. The van der Waals surface area contributed by atoms with E-state index in [0.717, 1.165) is 25.7 Å². The molecular formula is C25H48O4. The van der Waals surface area contributed by atoms with Gasteiger partial charge in [-0.05, 0) is 57.8 Å². The molecule has 0 heterocycles. The van der Waals surface area contributed by atoms with Gasteiger partial charge in [-0.3, -0.25) is 9.59 Å². The molecule has 172 valence electrons. The molecule has 0 bridgehead atoms. The van der Waals surface area contributed by atoms with Crippen LogP contribution in [0.4, 0.5) is 0 Å². The number of ether oxygens (including phenoxy) is 2. The van der Waals surface area contributed by atoms with Gasteiger partial charge in [0.1, 0.15) is 0 Å². The summed E-state index contributed by atoms with van der Waals surface area (Å²) in [5.74, 6) is -0.372. The first-order valence-electron chi connectivity index (χ1n) is 11.1. The first-order valence-corrected chi connectivity index (χ1v) is 11.1. The fourth-order valence-corrected chi connectivity index (χ4v) is 4.46. The third-order valence-electron chi connectivity index (χ3n) is 5.01. The van der Waals surface area contributed by atoms with Crippen molar-refractivity contribution in [2.75, 3.05) is 13.2 Å². The van der Waals surface area contributed by atoms with E-state index in [1.807, 2.05) is 34.6 Å². The molecule has 0 aromatic rings. The highest BCUT2D eigenvalue weighted by Gasteiger charge is 2.38. The van der Waals surface area contributed by atoms with Crippen LogP contribution in [0.2, 0.25) is 0 Å². The number of hydrogen-bond acceptors (Lipinski definition) is 4. The summed E-state index contributed by atoms with van der Waals surface area (Å²) in [4.78, 5) is 25.4. The van der Waals surface area contributed by atoms with Crippen molar-refractivity contribution in [3.05, 3.63) is 0 Å². The third kappa shape index (κ3) is 11.1. The Balaban J connectivity index is 5.02. The molecule has 0 saturated carbocycles. The summed E-state index contributed by atoms with van der Waals surface area (Å²) in [5, 5.41) is 0. The third-order valence-corrected chi connectivity index (χ3v) is 5.01. The van der Waals surface area contributed by atoms with Gasteiger partial charge in [-0.2, -0.15) is 0 Å². The number of rotatable bonds is 10. The molecule has 0 atom stereocenters. The Bertz CT molecular complexity index is 500. The number of carbonyl (C=O) groups is 2. The van der Waals surface area contributed by atoms with Gasteiger partial charge in [0, 0.05) is 5.41 Å². The van der Waals surface area contributed by atoms with Gasteiger partial charge in [-0.25, -0.2) is 0 Å². The van der Waals surface area contributed by atoms with Crippen LogP contribution in [0.1, 0.15) is 109 Å². The highest BCUT2D eigenvalue weighted by Crippen LogP contribution is 2.36. The highest BCUT2D eigenvalue weighted by atomic mass is 16.5. The molecule has 0 unspecified atom stereocenters. The van der Waals surface area contributed by atoms with Crippen LogP contribution in [0.3, 0.4) is 0 Å². The molecule has 0 amide bonds. The molecule has 29 heavy (non-hydrogen) atoms. The maximum absolute atomic E-state index is 12.7. The molecular weight excluding hydrogens is 364 g/mol. The standard InChI is InChI=1S/C25H48O4/c1-13-14-25(12,17-28-19(26)23(8,9)15-21(2,3)4)18-29-20(27)24(10,11)16-22(5,6)7/h13-18H2,1-12H3. The quantitative estimate of drug-likeness (QED) is 0.370. The molecule has 0 saturated heterocycles. The average molecular weight is 413 g/mol. The zero-order chi connectivity index (χ0) is 23.3. The minimum absolute atomic E-state index is 0.0450. The second-order valence-corrected chi connectivity index (χ2v) is 13.0. The largest absolute Gasteiger partial charge is 0.465 e. The molecule has 0 rings (SSSR count). The van der Waals surface area contributed by atoms with Crippen molar-refractivity contribution in [3.8, 4) is 0 Å². The van der Waals surface area contributed by atoms with E-state index >= 15 is 0 Å². The van der Waals surface area contributed by atoms with Crippen LogP contribution in [-0.2, 0) is 19.1 Å². The Morgan fingerprint density at radius 1 is 0.621 bits per heavy atom. The van der Waals surface area contributed by atoms with Gasteiger partial charge in [0.15, 0.2) is 0 Å². The Kier molecular flexibility index (Phi) is 9.47. The fourth-order valence-electron chi connectivity index (χ4n) is 4.46. The minimum Gasteiger partial charge on any atom is -0.465 e. The van der Waals surface area contributed by atoms with Crippen LogP contribution in [-0.4, -0.2) is 25.2 Å². The van der Waals surface area contributed by atoms with E-state index in [-0.39, 0.29) is 41.4 Å². The summed E-state index contributed by atoms with van der Waals surface area (Å²) in [6.45, 7) is 25.2. The van der Waals surface area contributed by atoms with Crippen molar-refractivity contribution in [1.82, 2.24) is 0 Å². The number of carbonyl (C=O) groups excluding carboxylic acids is 2. The van der Waals surface area contributed by atoms with Crippen LogP contribution in [0.15, 0.2) is 0 Å². The van der Waals surface area contributed by atoms with Crippen LogP contribution in [0, 0.1) is 27.1 Å². The van der Waals surface area contributed by atoms with Crippen molar-refractivity contribution in [2.45, 2.75) is 109 Å². The van der Waals surface area contributed by atoms with Gasteiger partial charge >= 0.3 is 11.9 Å². The van der Waals surface area contributed by atoms with Crippen LogP contribution < -0.4 is 0 Å². The van der Waals surface area contributed by atoms with Crippen LogP contribution in [0.25, 0.3) is 0 Å². The lowest BCUT2D eigenvalue weighted by Gasteiger charge is -2.35. The van der Waals surface area contributed by atoms with E-state index in [9.17, 15) is 9.59 Å². The second kappa shape index (κ2) is 9.83. The molecule has 0 aliphatic carbocycles. The molecule has 0 spiro atoms. The molecule has 0 N–H and O–H groups in total.